The Balaban J connectivity index is 1.87. The van der Waals surface area contributed by atoms with E-state index in [0.29, 0.717) is 5.56 Å². The molecule has 0 unspecified atom stereocenters. The van der Waals surface area contributed by atoms with E-state index in [1.165, 1.54) is 30.3 Å². The van der Waals surface area contributed by atoms with Crippen LogP contribution in [0.25, 0.3) is 5.70 Å². The normalized spacial score (nSPS) is 16.2. The first-order valence-corrected chi connectivity index (χ1v) is 8.24. The molecule has 0 radical (unpaired) electrons. The minimum absolute atomic E-state index is 0.0967. The van der Waals surface area contributed by atoms with E-state index in [-0.39, 0.29) is 22.0 Å². The van der Waals surface area contributed by atoms with Gasteiger partial charge in [-0.25, -0.2) is 8.42 Å². The number of hydrogen-bond donors (Lipinski definition) is 2. The van der Waals surface area contributed by atoms with Gasteiger partial charge in [-0.3, -0.25) is 19.6 Å². The van der Waals surface area contributed by atoms with Crippen LogP contribution < -0.4 is 10.0 Å². The third-order valence-electron chi connectivity index (χ3n) is 3.31. The SMILES string of the molecule is O=C(C=C1NS(=O)(=O)c2ccccc21)Nc1cccc([N+](=O)[O-])c1. The molecule has 0 fully saturated rings. The van der Waals surface area contributed by atoms with Crippen LogP contribution in [0.5, 0.6) is 0 Å². The summed E-state index contributed by atoms with van der Waals surface area (Å²) in [4.78, 5) is 22.3. The molecule has 2 N–H and O–H groups in total. The monoisotopic (exact) mass is 345 g/mol. The number of anilines is 1. The number of nitro groups is 1. The van der Waals surface area contributed by atoms with Gasteiger partial charge in [-0.15, -0.1) is 0 Å². The van der Waals surface area contributed by atoms with Crippen LogP contribution in [-0.4, -0.2) is 19.2 Å². The zero-order valence-corrected chi connectivity index (χ0v) is 12.9. The standard InChI is InChI=1S/C15H11N3O5S/c19-15(16-10-4-3-5-11(8-10)18(20)21)9-13-12-6-1-2-7-14(12)24(22,23)17-13/h1-9,17H,(H,16,19). The van der Waals surface area contributed by atoms with Crippen molar-refractivity contribution < 1.29 is 18.1 Å². The molecule has 8 nitrogen and oxygen atoms in total. The first-order chi connectivity index (χ1) is 11.4. The first kappa shape index (κ1) is 15.7. The maximum atomic E-state index is 12.1. The van der Waals surface area contributed by atoms with E-state index < -0.39 is 20.9 Å². The van der Waals surface area contributed by atoms with Gasteiger partial charge in [-0.2, -0.15) is 0 Å². The number of amides is 1. The van der Waals surface area contributed by atoms with Crippen molar-refractivity contribution in [3.8, 4) is 0 Å². The minimum Gasteiger partial charge on any atom is -0.322 e. The number of non-ortho nitro benzene ring substituents is 1. The minimum atomic E-state index is -3.68. The molecular formula is C15H11N3O5S. The van der Waals surface area contributed by atoms with Crippen LogP contribution in [0, 0.1) is 10.1 Å². The van der Waals surface area contributed by atoms with E-state index >= 15 is 0 Å². The third-order valence-corrected chi connectivity index (χ3v) is 4.73. The lowest BCUT2D eigenvalue weighted by atomic mass is 10.1. The summed E-state index contributed by atoms with van der Waals surface area (Å²) in [7, 11) is -3.68. The summed E-state index contributed by atoms with van der Waals surface area (Å²) < 4.78 is 26.2. The maximum Gasteiger partial charge on any atom is 0.271 e. The lowest BCUT2D eigenvalue weighted by Gasteiger charge is -2.03. The van der Waals surface area contributed by atoms with Crippen molar-refractivity contribution >= 4 is 33.0 Å². The van der Waals surface area contributed by atoms with Crippen LogP contribution in [0.2, 0.25) is 0 Å². The van der Waals surface area contributed by atoms with Gasteiger partial charge < -0.3 is 5.32 Å². The van der Waals surface area contributed by atoms with E-state index in [4.69, 9.17) is 0 Å². The Hall–Kier alpha value is -3.20. The topological polar surface area (TPSA) is 118 Å². The number of nitrogens with one attached hydrogen (secondary N) is 2. The van der Waals surface area contributed by atoms with Crippen molar-refractivity contribution in [2.75, 3.05) is 5.32 Å². The van der Waals surface area contributed by atoms with Crippen LogP contribution in [-0.2, 0) is 14.8 Å². The molecule has 0 bridgehead atoms. The third kappa shape index (κ3) is 2.97. The number of nitro benzene ring substituents is 1. The lowest BCUT2D eigenvalue weighted by molar-refractivity contribution is -0.384. The highest BCUT2D eigenvalue weighted by molar-refractivity contribution is 7.90. The molecule has 1 aliphatic rings. The highest BCUT2D eigenvalue weighted by atomic mass is 32.2. The van der Waals surface area contributed by atoms with Crippen molar-refractivity contribution in [1.29, 1.82) is 0 Å². The van der Waals surface area contributed by atoms with Crippen LogP contribution in [0.4, 0.5) is 11.4 Å². The Morgan fingerprint density at radius 2 is 1.92 bits per heavy atom. The zero-order chi connectivity index (χ0) is 17.3. The molecule has 24 heavy (non-hydrogen) atoms. The highest BCUT2D eigenvalue weighted by Crippen LogP contribution is 2.29. The molecule has 3 rings (SSSR count). The molecule has 0 saturated carbocycles. The average molecular weight is 345 g/mol. The molecule has 2 aromatic rings. The van der Waals surface area contributed by atoms with Crippen LogP contribution in [0.15, 0.2) is 59.5 Å². The maximum absolute atomic E-state index is 12.1. The van der Waals surface area contributed by atoms with Crippen molar-refractivity contribution in [3.05, 3.63) is 70.3 Å². The van der Waals surface area contributed by atoms with Crippen LogP contribution in [0.1, 0.15) is 5.56 Å². The Morgan fingerprint density at radius 1 is 1.17 bits per heavy atom. The average Bonchev–Trinajstić information content (AvgIpc) is 2.79. The lowest BCUT2D eigenvalue weighted by Crippen LogP contribution is -2.16. The summed E-state index contributed by atoms with van der Waals surface area (Å²) in [5, 5.41) is 13.2. The summed E-state index contributed by atoms with van der Waals surface area (Å²) in [5.74, 6) is -0.607. The van der Waals surface area contributed by atoms with E-state index in [1.807, 2.05) is 0 Å². The predicted molar refractivity (Wildman–Crippen MR) is 86.5 cm³/mol. The number of rotatable bonds is 3. The summed E-state index contributed by atoms with van der Waals surface area (Å²) in [6.45, 7) is 0. The molecule has 122 valence electrons. The molecule has 1 heterocycles. The second-order valence-corrected chi connectivity index (χ2v) is 6.61. The van der Waals surface area contributed by atoms with Crippen molar-refractivity contribution in [1.82, 2.24) is 4.72 Å². The number of carbonyl (C=O) groups excluding carboxylic acids is 1. The molecular weight excluding hydrogens is 334 g/mol. The largest absolute Gasteiger partial charge is 0.322 e. The fourth-order valence-electron chi connectivity index (χ4n) is 2.29. The Kier molecular flexibility index (Phi) is 3.78. The highest BCUT2D eigenvalue weighted by Gasteiger charge is 2.29. The molecule has 9 heteroatoms. The fraction of sp³-hybridized carbons (Fsp3) is 0. The number of carbonyl (C=O) groups is 1. The van der Waals surface area contributed by atoms with Crippen LogP contribution in [0.3, 0.4) is 0 Å². The predicted octanol–water partition coefficient (Wildman–Crippen LogP) is 1.87. The van der Waals surface area contributed by atoms with Gasteiger partial charge in [0.25, 0.3) is 15.7 Å². The summed E-state index contributed by atoms with van der Waals surface area (Å²) >= 11 is 0. The van der Waals surface area contributed by atoms with E-state index in [0.717, 1.165) is 6.08 Å². The first-order valence-electron chi connectivity index (χ1n) is 6.76. The van der Waals surface area contributed by atoms with Gasteiger partial charge in [-0.05, 0) is 12.1 Å². The molecule has 1 aliphatic heterocycles. The molecule has 0 spiro atoms. The van der Waals surface area contributed by atoms with Crippen molar-refractivity contribution in [3.63, 3.8) is 0 Å². The summed E-state index contributed by atoms with van der Waals surface area (Å²) in [6.07, 6.45) is 1.10. The van der Waals surface area contributed by atoms with Gasteiger partial charge in [0, 0.05) is 29.5 Å². The Morgan fingerprint density at radius 3 is 2.67 bits per heavy atom. The molecule has 0 atom stereocenters. The number of fused-ring (bicyclic) bond motifs is 1. The van der Waals surface area contributed by atoms with Gasteiger partial charge in [0.2, 0.25) is 5.91 Å². The molecule has 2 aromatic carbocycles. The van der Waals surface area contributed by atoms with Crippen LogP contribution >= 0.6 is 0 Å². The molecule has 0 aliphatic carbocycles. The van der Waals surface area contributed by atoms with E-state index in [1.54, 1.807) is 18.2 Å². The van der Waals surface area contributed by atoms with Gasteiger partial charge in [0.15, 0.2) is 0 Å². The number of benzene rings is 2. The van der Waals surface area contributed by atoms with Gasteiger partial charge in [0.05, 0.1) is 15.5 Å². The fourth-order valence-corrected chi connectivity index (χ4v) is 3.59. The Bertz CT molecular complexity index is 982. The smallest absolute Gasteiger partial charge is 0.271 e. The second kappa shape index (κ2) is 5.78. The number of sulfonamides is 1. The molecule has 1 amide bonds. The van der Waals surface area contributed by atoms with E-state index in [2.05, 4.69) is 10.0 Å². The van der Waals surface area contributed by atoms with Gasteiger partial charge in [0.1, 0.15) is 0 Å². The Labute approximate surface area is 137 Å². The summed E-state index contributed by atoms with van der Waals surface area (Å²) in [6, 6.07) is 11.7. The summed E-state index contributed by atoms with van der Waals surface area (Å²) in [5.41, 5.74) is 0.618. The number of hydrogen-bond acceptors (Lipinski definition) is 5. The van der Waals surface area contributed by atoms with Gasteiger partial charge in [-0.1, -0.05) is 24.3 Å². The van der Waals surface area contributed by atoms with Gasteiger partial charge >= 0.3 is 0 Å². The molecule has 0 aromatic heterocycles. The second-order valence-electron chi connectivity index (χ2n) is 4.96. The van der Waals surface area contributed by atoms with E-state index in [9.17, 15) is 23.3 Å². The number of nitrogens with zero attached hydrogens (tertiary/aromatic N) is 1. The van der Waals surface area contributed by atoms with Crippen molar-refractivity contribution in [2.45, 2.75) is 4.90 Å². The zero-order valence-electron chi connectivity index (χ0n) is 12.1. The molecule has 0 saturated heterocycles. The van der Waals surface area contributed by atoms with Crippen molar-refractivity contribution in [2.24, 2.45) is 0 Å². The quantitative estimate of drug-likeness (QED) is 0.500.